The number of benzene rings is 1. The van der Waals surface area contributed by atoms with Gasteiger partial charge in [0.1, 0.15) is 0 Å². The third-order valence-electron chi connectivity index (χ3n) is 4.08. The van der Waals surface area contributed by atoms with Crippen LogP contribution in [0.25, 0.3) is 0 Å². The maximum absolute atomic E-state index is 13.8. The fourth-order valence-electron chi connectivity index (χ4n) is 3.21. The average molecular weight is 407 g/mol. The van der Waals surface area contributed by atoms with Crippen LogP contribution in [0, 0.1) is 11.2 Å². The van der Waals surface area contributed by atoms with Gasteiger partial charge in [-0.25, -0.2) is 4.39 Å². The van der Waals surface area contributed by atoms with Crippen molar-refractivity contribution in [3.63, 3.8) is 0 Å². The molecule has 1 aliphatic heterocycles. The van der Waals surface area contributed by atoms with Crippen LogP contribution in [-0.4, -0.2) is 36.2 Å². The molecule has 1 aromatic rings. The van der Waals surface area contributed by atoms with E-state index in [1.807, 2.05) is 4.90 Å². The highest BCUT2D eigenvalue weighted by atomic mass is 35.5. The Hall–Kier alpha value is -0.760. The van der Waals surface area contributed by atoms with Gasteiger partial charge in [-0.2, -0.15) is 13.2 Å². The summed E-state index contributed by atoms with van der Waals surface area (Å²) in [6, 6.07) is 0.640. The molecule has 0 unspecified atom stereocenters. The van der Waals surface area contributed by atoms with Gasteiger partial charge in [-0.05, 0) is 17.5 Å². The summed E-state index contributed by atoms with van der Waals surface area (Å²) < 4.78 is 54.0. The first kappa shape index (κ1) is 24.2. The second kappa shape index (κ2) is 8.75. The highest BCUT2D eigenvalue weighted by molar-refractivity contribution is 5.85. The van der Waals surface area contributed by atoms with Crippen LogP contribution in [0.1, 0.15) is 37.9 Å². The summed E-state index contributed by atoms with van der Waals surface area (Å²) in [4.78, 5) is 1.88. The fraction of sp³-hybridized carbons (Fsp3) is 0.625. The standard InChI is InChI=1S/C16H22F4N2O.2ClH/c1-15(2,3)14(22-8-6-21-7-9-22)12-10(16(18,19)20)4-5-11(17)13(12)23;;/h4-5,14,21,23H,6-9H2,1-3H3;2*1H/t14-;;/m1../s1. The molecular weight excluding hydrogens is 383 g/mol. The van der Waals surface area contributed by atoms with Crippen LogP contribution in [0.5, 0.6) is 5.75 Å². The van der Waals surface area contributed by atoms with E-state index in [4.69, 9.17) is 0 Å². The Morgan fingerprint density at radius 3 is 2.04 bits per heavy atom. The van der Waals surface area contributed by atoms with Crippen molar-refractivity contribution in [2.75, 3.05) is 26.2 Å². The van der Waals surface area contributed by atoms with Gasteiger partial charge in [0.2, 0.25) is 0 Å². The zero-order chi connectivity index (χ0) is 17.4. The molecule has 1 aliphatic rings. The minimum absolute atomic E-state index is 0. The lowest BCUT2D eigenvalue weighted by molar-refractivity contribution is -0.139. The van der Waals surface area contributed by atoms with Crippen LogP contribution in [0.3, 0.4) is 0 Å². The van der Waals surface area contributed by atoms with Gasteiger partial charge in [0.05, 0.1) is 5.56 Å². The van der Waals surface area contributed by atoms with Crippen molar-refractivity contribution in [3.8, 4) is 5.75 Å². The Morgan fingerprint density at radius 2 is 1.60 bits per heavy atom. The summed E-state index contributed by atoms with van der Waals surface area (Å²) >= 11 is 0. The SMILES string of the molecule is CC(C)(C)[C@@H](c1c(C(F)(F)F)ccc(F)c1O)N1CCNCC1.Cl.Cl. The van der Waals surface area contributed by atoms with Gasteiger partial charge in [-0.3, -0.25) is 4.90 Å². The molecule has 1 heterocycles. The number of phenolic OH excluding ortho intramolecular Hbond substituents is 1. The molecule has 1 atom stereocenters. The van der Waals surface area contributed by atoms with Gasteiger partial charge < -0.3 is 10.4 Å². The number of phenols is 1. The van der Waals surface area contributed by atoms with Crippen LogP contribution in [0.2, 0.25) is 0 Å². The minimum Gasteiger partial charge on any atom is -0.505 e. The smallest absolute Gasteiger partial charge is 0.416 e. The van der Waals surface area contributed by atoms with Crippen molar-refractivity contribution >= 4 is 24.8 Å². The Bertz CT molecular complexity index is 570. The predicted molar refractivity (Wildman–Crippen MR) is 94.2 cm³/mol. The second-order valence-corrected chi connectivity index (χ2v) is 6.91. The Balaban J connectivity index is 0.00000288. The Labute approximate surface area is 157 Å². The van der Waals surface area contributed by atoms with Crippen molar-refractivity contribution in [1.82, 2.24) is 10.2 Å². The third-order valence-corrected chi connectivity index (χ3v) is 4.08. The summed E-state index contributed by atoms with van der Waals surface area (Å²) in [5.74, 6) is -1.93. The van der Waals surface area contributed by atoms with Gasteiger partial charge >= 0.3 is 6.18 Å². The maximum Gasteiger partial charge on any atom is 0.416 e. The Morgan fingerprint density at radius 1 is 1.08 bits per heavy atom. The molecule has 1 aromatic carbocycles. The molecule has 3 nitrogen and oxygen atoms in total. The fourth-order valence-corrected chi connectivity index (χ4v) is 3.21. The lowest BCUT2D eigenvalue weighted by atomic mass is 9.78. The second-order valence-electron chi connectivity index (χ2n) is 6.91. The number of nitrogens with one attached hydrogen (secondary N) is 1. The molecule has 25 heavy (non-hydrogen) atoms. The van der Waals surface area contributed by atoms with Gasteiger partial charge in [0.15, 0.2) is 11.6 Å². The predicted octanol–water partition coefficient (Wildman–Crippen LogP) is 4.39. The normalized spacial score (nSPS) is 17.4. The first-order valence-corrected chi connectivity index (χ1v) is 7.57. The number of halogens is 6. The number of alkyl halides is 3. The number of aromatic hydroxyl groups is 1. The molecule has 1 fully saturated rings. The van der Waals surface area contributed by atoms with Crippen LogP contribution in [-0.2, 0) is 6.18 Å². The van der Waals surface area contributed by atoms with Crippen molar-refractivity contribution in [2.24, 2.45) is 5.41 Å². The van der Waals surface area contributed by atoms with Crippen molar-refractivity contribution in [3.05, 3.63) is 29.1 Å². The van der Waals surface area contributed by atoms with Gasteiger partial charge in [0.25, 0.3) is 0 Å². The van der Waals surface area contributed by atoms with Crippen LogP contribution in [0.4, 0.5) is 17.6 Å². The largest absolute Gasteiger partial charge is 0.505 e. The van der Waals surface area contributed by atoms with Crippen LogP contribution < -0.4 is 5.32 Å². The lowest BCUT2D eigenvalue weighted by Crippen LogP contribution is -2.48. The number of hydrogen-bond acceptors (Lipinski definition) is 3. The van der Waals surface area contributed by atoms with Crippen molar-refractivity contribution < 1.29 is 22.7 Å². The first-order chi connectivity index (χ1) is 10.5. The molecule has 2 rings (SSSR count). The van der Waals surface area contributed by atoms with E-state index >= 15 is 0 Å². The molecule has 0 aliphatic carbocycles. The zero-order valence-corrected chi connectivity index (χ0v) is 15.9. The van der Waals surface area contributed by atoms with E-state index in [1.54, 1.807) is 20.8 Å². The van der Waals surface area contributed by atoms with E-state index in [-0.39, 0.29) is 30.4 Å². The summed E-state index contributed by atoms with van der Waals surface area (Å²) in [6.07, 6.45) is -4.65. The number of nitrogens with zero attached hydrogens (tertiary/aromatic N) is 1. The zero-order valence-electron chi connectivity index (χ0n) is 14.3. The molecule has 1 saturated heterocycles. The summed E-state index contributed by atoms with van der Waals surface area (Å²) in [6.45, 7) is 7.75. The molecule has 9 heteroatoms. The topological polar surface area (TPSA) is 35.5 Å². The van der Waals surface area contributed by atoms with E-state index in [0.29, 0.717) is 38.3 Å². The van der Waals surface area contributed by atoms with Crippen molar-refractivity contribution in [1.29, 1.82) is 0 Å². The molecular formula is C16H24Cl2F4N2O. The van der Waals surface area contributed by atoms with E-state index < -0.39 is 34.8 Å². The van der Waals surface area contributed by atoms with E-state index in [0.717, 1.165) is 0 Å². The van der Waals surface area contributed by atoms with E-state index in [1.165, 1.54) is 0 Å². The molecule has 0 saturated carbocycles. The number of hydrogen-bond donors (Lipinski definition) is 2. The molecule has 146 valence electrons. The Kier molecular flexibility index (Phi) is 8.49. The van der Waals surface area contributed by atoms with Gasteiger partial charge in [0, 0.05) is 37.8 Å². The molecule has 0 aromatic heterocycles. The van der Waals surface area contributed by atoms with Crippen molar-refractivity contribution in [2.45, 2.75) is 33.0 Å². The lowest BCUT2D eigenvalue weighted by Gasteiger charge is -2.43. The maximum atomic E-state index is 13.8. The monoisotopic (exact) mass is 406 g/mol. The average Bonchev–Trinajstić information content (AvgIpc) is 2.42. The van der Waals surface area contributed by atoms with Crippen LogP contribution >= 0.6 is 24.8 Å². The van der Waals surface area contributed by atoms with E-state index in [9.17, 15) is 22.7 Å². The number of rotatable bonds is 2. The van der Waals surface area contributed by atoms with E-state index in [2.05, 4.69) is 5.32 Å². The molecule has 0 radical (unpaired) electrons. The van der Waals surface area contributed by atoms with Crippen LogP contribution in [0.15, 0.2) is 12.1 Å². The molecule has 0 spiro atoms. The minimum atomic E-state index is -4.65. The summed E-state index contributed by atoms with van der Waals surface area (Å²) in [7, 11) is 0. The highest BCUT2D eigenvalue weighted by Crippen LogP contribution is 2.48. The first-order valence-electron chi connectivity index (χ1n) is 7.57. The molecule has 0 amide bonds. The quantitative estimate of drug-likeness (QED) is 0.715. The summed E-state index contributed by atoms with van der Waals surface area (Å²) in [5.41, 5.74) is -1.95. The number of piperazine rings is 1. The molecule has 2 N–H and O–H groups in total. The highest BCUT2D eigenvalue weighted by Gasteiger charge is 2.43. The molecule has 0 bridgehead atoms. The van der Waals surface area contributed by atoms with Gasteiger partial charge in [-0.15, -0.1) is 24.8 Å². The van der Waals surface area contributed by atoms with Gasteiger partial charge in [-0.1, -0.05) is 20.8 Å². The third kappa shape index (κ3) is 5.36. The summed E-state index contributed by atoms with van der Waals surface area (Å²) in [5, 5.41) is 13.2.